The summed E-state index contributed by atoms with van der Waals surface area (Å²) in [5, 5.41) is 13.2. The first-order valence-electron chi connectivity index (χ1n) is 5.79. The second kappa shape index (κ2) is 7.65. The predicted molar refractivity (Wildman–Crippen MR) is 65.7 cm³/mol. The summed E-state index contributed by atoms with van der Waals surface area (Å²) in [4.78, 5) is 33.2. The van der Waals surface area contributed by atoms with Gasteiger partial charge in [-0.3, -0.25) is 14.4 Å². The van der Waals surface area contributed by atoms with Crippen molar-refractivity contribution in [3.63, 3.8) is 0 Å². The van der Waals surface area contributed by atoms with E-state index in [0.29, 0.717) is 6.42 Å². The SMILES string of the molecule is CC(C)C[C@H](N)C(=O)NCC(=O)N[C@@H](C)C(=O)O. The van der Waals surface area contributed by atoms with Gasteiger partial charge in [0.1, 0.15) is 6.04 Å². The minimum Gasteiger partial charge on any atom is -0.480 e. The fourth-order valence-corrected chi connectivity index (χ4v) is 1.27. The molecule has 5 N–H and O–H groups in total. The van der Waals surface area contributed by atoms with Crippen molar-refractivity contribution in [3.8, 4) is 0 Å². The van der Waals surface area contributed by atoms with E-state index in [9.17, 15) is 14.4 Å². The molecule has 0 aliphatic rings. The number of hydrogen-bond donors (Lipinski definition) is 4. The minimum absolute atomic E-state index is 0.276. The summed E-state index contributed by atoms with van der Waals surface area (Å²) >= 11 is 0. The average molecular weight is 259 g/mol. The Bertz CT molecular complexity index is 317. The van der Waals surface area contributed by atoms with E-state index in [-0.39, 0.29) is 12.5 Å². The van der Waals surface area contributed by atoms with Crippen LogP contribution in [-0.2, 0) is 14.4 Å². The second-order valence-electron chi connectivity index (χ2n) is 4.58. The number of carboxylic acid groups (broad SMARTS) is 1. The Morgan fingerprint density at radius 2 is 1.78 bits per heavy atom. The molecule has 0 saturated carbocycles. The van der Waals surface area contributed by atoms with Gasteiger partial charge in [0.2, 0.25) is 11.8 Å². The number of nitrogens with one attached hydrogen (secondary N) is 2. The lowest BCUT2D eigenvalue weighted by atomic mass is 10.0. The van der Waals surface area contributed by atoms with Gasteiger partial charge in [-0.1, -0.05) is 13.8 Å². The first kappa shape index (κ1) is 16.4. The van der Waals surface area contributed by atoms with E-state index >= 15 is 0 Å². The van der Waals surface area contributed by atoms with E-state index in [2.05, 4.69) is 10.6 Å². The second-order valence-corrected chi connectivity index (χ2v) is 4.58. The van der Waals surface area contributed by atoms with Crippen molar-refractivity contribution in [1.82, 2.24) is 10.6 Å². The maximum absolute atomic E-state index is 11.5. The van der Waals surface area contributed by atoms with Gasteiger partial charge in [-0.25, -0.2) is 0 Å². The van der Waals surface area contributed by atoms with Gasteiger partial charge in [0, 0.05) is 0 Å². The van der Waals surface area contributed by atoms with Gasteiger partial charge >= 0.3 is 5.97 Å². The molecule has 0 unspecified atom stereocenters. The number of hydrogen-bond acceptors (Lipinski definition) is 4. The number of nitrogens with two attached hydrogens (primary N) is 1. The molecule has 0 fully saturated rings. The molecule has 2 amide bonds. The Morgan fingerprint density at radius 3 is 2.22 bits per heavy atom. The fraction of sp³-hybridized carbons (Fsp3) is 0.727. The molecule has 0 spiro atoms. The first-order valence-corrected chi connectivity index (χ1v) is 5.79. The molecule has 0 aromatic heterocycles. The Balaban J connectivity index is 3.98. The van der Waals surface area contributed by atoms with Crippen molar-refractivity contribution in [1.29, 1.82) is 0 Å². The zero-order valence-electron chi connectivity index (χ0n) is 10.9. The Morgan fingerprint density at radius 1 is 1.22 bits per heavy atom. The zero-order chi connectivity index (χ0) is 14.3. The monoisotopic (exact) mass is 259 g/mol. The highest BCUT2D eigenvalue weighted by Gasteiger charge is 2.17. The quantitative estimate of drug-likeness (QED) is 0.470. The van der Waals surface area contributed by atoms with E-state index in [1.54, 1.807) is 0 Å². The summed E-state index contributed by atoms with van der Waals surface area (Å²) in [6.45, 7) is 4.94. The molecule has 0 aliphatic heterocycles. The molecule has 0 aliphatic carbocycles. The third kappa shape index (κ3) is 6.85. The molecule has 7 nitrogen and oxygen atoms in total. The average Bonchev–Trinajstić information content (AvgIpc) is 2.24. The maximum Gasteiger partial charge on any atom is 0.325 e. The molecule has 0 rings (SSSR count). The minimum atomic E-state index is -1.13. The summed E-state index contributed by atoms with van der Waals surface area (Å²) in [6, 6.07) is -1.64. The van der Waals surface area contributed by atoms with Crippen LogP contribution in [0.2, 0.25) is 0 Å². The van der Waals surface area contributed by atoms with E-state index < -0.39 is 29.9 Å². The number of rotatable bonds is 7. The zero-order valence-corrected chi connectivity index (χ0v) is 10.9. The van der Waals surface area contributed by atoms with E-state index in [1.165, 1.54) is 6.92 Å². The fourth-order valence-electron chi connectivity index (χ4n) is 1.27. The normalized spacial score (nSPS) is 13.8. The van der Waals surface area contributed by atoms with Crippen LogP contribution >= 0.6 is 0 Å². The predicted octanol–water partition coefficient (Wildman–Crippen LogP) is -0.935. The first-order chi connectivity index (χ1) is 8.23. The van der Waals surface area contributed by atoms with Crippen LogP contribution in [0.4, 0.5) is 0 Å². The largest absolute Gasteiger partial charge is 0.480 e. The summed E-state index contributed by atoms with van der Waals surface area (Å²) in [7, 11) is 0. The van der Waals surface area contributed by atoms with Gasteiger partial charge in [0.15, 0.2) is 0 Å². The lowest BCUT2D eigenvalue weighted by Gasteiger charge is -2.14. The summed E-state index contributed by atoms with van der Waals surface area (Å²) in [6.07, 6.45) is 0.527. The van der Waals surface area contributed by atoms with Crippen LogP contribution < -0.4 is 16.4 Å². The van der Waals surface area contributed by atoms with Crippen LogP contribution in [-0.4, -0.2) is 41.5 Å². The summed E-state index contributed by atoms with van der Waals surface area (Å²) in [5.41, 5.74) is 5.62. The number of carboxylic acids is 1. The van der Waals surface area contributed by atoms with Gasteiger partial charge in [-0.2, -0.15) is 0 Å². The summed E-state index contributed by atoms with van der Waals surface area (Å²) < 4.78 is 0. The molecule has 7 heteroatoms. The molecule has 0 bridgehead atoms. The van der Waals surface area contributed by atoms with Gasteiger partial charge < -0.3 is 21.5 Å². The molecule has 0 radical (unpaired) electrons. The molecular weight excluding hydrogens is 238 g/mol. The Kier molecular flexibility index (Phi) is 6.96. The van der Waals surface area contributed by atoms with Crippen molar-refractivity contribution in [2.45, 2.75) is 39.3 Å². The Labute approximate surface area is 106 Å². The molecule has 18 heavy (non-hydrogen) atoms. The Hall–Kier alpha value is -1.63. The smallest absolute Gasteiger partial charge is 0.325 e. The maximum atomic E-state index is 11.5. The summed E-state index contributed by atoms with van der Waals surface area (Å²) in [5.74, 6) is -1.82. The third-order valence-corrected chi connectivity index (χ3v) is 2.23. The van der Waals surface area contributed by atoms with Gasteiger partial charge in [-0.05, 0) is 19.3 Å². The highest BCUT2D eigenvalue weighted by atomic mass is 16.4. The number of carbonyl (C=O) groups excluding carboxylic acids is 2. The number of carbonyl (C=O) groups is 3. The van der Waals surface area contributed by atoms with Crippen LogP contribution in [0.15, 0.2) is 0 Å². The molecule has 0 aromatic carbocycles. The standard InChI is InChI=1S/C11H21N3O4/c1-6(2)4-8(12)10(16)13-5-9(15)14-7(3)11(17)18/h6-8H,4-5,12H2,1-3H3,(H,13,16)(H,14,15)(H,17,18)/t7-,8-/m0/s1. The van der Waals surface area contributed by atoms with E-state index in [4.69, 9.17) is 10.8 Å². The van der Waals surface area contributed by atoms with Crippen LogP contribution in [0.5, 0.6) is 0 Å². The van der Waals surface area contributed by atoms with Crippen molar-refractivity contribution in [2.24, 2.45) is 11.7 Å². The van der Waals surface area contributed by atoms with Crippen LogP contribution in [0.1, 0.15) is 27.2 Å². The van der Waals surface area contributed by atoms with Crippen molar-refractivity contribution in [2.75, 3.05) is 6.54 Å². The van der Waals surface area contributed by atoms with Crippen LogP contribution in [0.3, 0.4) is 0 Å². The number of aliphatic carboxylic acids is 1. The molecule has 0 saturated heterocycles. The van der Waals surface area contributed by atoms with E-state index in [1.807, 2.05) is 13.8 Å². The molecular formula is C11H21N3O4. The van der Waals surface area contributed by atoms with Crippen molar-refractivity contribution >= 4 is 17.8 Å². The van der Waals surface area contributed by atoms with Crippen molar-refractivity contribution in [3.05, 3.63) is 0 Å². The highest BCUT2D eigenvalue weighted by Crippen LogP contribution is 2.02. The lowest BCUT2D eigenvalue weighted by Crippen LogP contribution is -2.47. The van der Waals surface area contributed by atoms with Gasteiger partial charge in [-0.15, -0.1) is 0 Å². The molecule has 2 atom stereocenters. The molecule has 0 heterocycles. The lowest BCUT2D eigenvalue weighted by molar-refractivity contribution is -0.141. The van der Waals surface area contributed by atoms with E-state index in [0.717, 1.165) is 0 Å². The number of amides is 2. The highest BCUT2D eigenvalue weighted by molar-refractivity contribution is 5.89. The van der Waals surface area contributed by atoms with Crippen LogP contribution in [0, 0.1) is 5.92 Å². The van der Waals surface area contributed by atoms with Crippen LogP contribution in [0.25, 0.3) is 0 Å². The molecule has 0 aromatic rings. The van der Waals surface area contributed by atoms with Gasteiger partial charge in [0.05, 0.1) is 12.6 Å². The third-order valence-electron chi connectivity index (χ3n) is 2.23. The van der Waals surface area contributed by atoms with Gasteiger partial charge in [0.25, 0.3) is 0 Å². The van der Waals surface area contributed by atoms with Crippen molar-refractivity contribution < 1.29 is 19.5 Å². The topological polar surface area (TPSA) is 122 Å². The molecule has 104 valence electrons.